The first-order chi connectivity index (χ1) is 7.25. The van der Waals surface area contributed by atoms with E-state index >= 15 is 0 Å². The topological polar surface area (TPSA) is 0 Å². The van der Waals surface area contributed by atoms with Gasteiger partial charge < -0.3 is 0 Å². The molecular formula is C18H42. The van der Waals surface area contributed by atoms with Crippen LogP contribution >= 0.6 is 0 Å². The molecule has 0 nitrogen and oxygen atoms in total. The molecule has 0 heterocycles. The lowest BCUT2D eigenvalue weighted by Gasteiger charge is -2.05. The Balaban J connectivity index is -0.0000000980. The van der Waals surface area contributed by atoms with Crippen LogP contribution in [0.5, 0.6) is 0 Å². The number of allylic oxidation sites excluding steroid dienone is 2. The standard InChI is InChI=1S/C8H18.C8H16.2CH4/c2*1-7(2)5-6-8(3)4;;/h7-8H,5-6H2,1-4H3;5-8H,1-4H3;2*1H4/b;6-5-;;. The van der Waals surface area contributed by atoms with Gasteiger partial charge in [-0.1, -0.05) is 95.2 Å². The summed E-state index contributed by atoms with van der Waals surface area (Å²) in [6.45, 7) is 17.9. The summed E-state index contributed by atoms with van der Waals surface area (Å²) in [5.41, 5.74) is 0. The van der Waals surface area contributed by atoms with Crippen molar-refractivity contribution in [2.24, 2.45) is 23.7 Å². The normalized spacial score (nSPS) is 10.4. The van der Waals surface area contributed by atoms with Gasteiger partial charge in [0, 0.05) is 0 Å². The van der Waals surface area contributed by atoms with E-state index in [-0.39, 0.29) is 14.9 Å². The Morgan fingerprint density at radius 2 is 0.778 bits per heavy atom. The van der Waals surface area contributed by atoms with Crippen molar-refractivity contribution < 1.29 is 0 Å². The summed E-state index contributed by atoms with van der Waals surface area (Å²) in [5, 5.41) is 0. The molecule has 0 aromatic carbocycles. The quantitative estimate of drug-likeness (QED) is 0.457. The fourth-order valence-electron chi connectivity index (χ4n) is 1.11. The van der Waals surface area contributed by atoms with Crippen molar-refractivity contribution in [2.75, 3.05) is 0 Å². The average molecular weight is 259 g/mol. The minimum absolute atomic E-state index is 0. The molecular weight excluding hydrogens is 216 g/mol. The zero-order chi connectivity index (χ0) is 13.1. The molecule has 0 aliphatic carbocycles. The van der Waals surface area contributed by atoms with Crippen molar-refractivity contribution in [3.05, 3.63) is 12.2 Å². The van der Waals surface area contributed by atoms with E-state index in [2.05, 4.69) is 67.5 Å². The second-order valence-corrected chi connectivity index (χ2v) is 6.24. The molecule has 0 aromatic heterocycles. The van der Waals surface area contributed by atoms with Gasteiger partial charge in [-0.05, 0) is 23.7 Å². The van der Waals surface area contributed by atoms with E-state index in [4.69, 9.17) is 0 Å². The van der Waals surface area contributed by atoms with Crippen molar-refractivity contribution in [1.82, 2.24) is 0 Å². The van der Waals surface area contributed by atoms with Crippen LogP contribution in [0.4, 0.5) is 0 Å². The van der Waals surface area contributed by atoms with Crippen LogP contribution in [0.1, 0.15) is 83.1 Å². The molecule has 0 heteroatoms. The van der Waals surface area contributed by atoms with E-state index in [1.165, 1.54) is 12.8 Å². The van der Waals surface area contributed by atoms with E-state index < -0.39 is 0 Å². The predicted molar refractivity (Wildman–Crippen MR) is 91.2 cm³/mol. The molecule has 0 aliphatic rings. The summed E-state index contributed by atoms with van der Waals surface area (Å²) < 4.78 is 0. The molecule has 0 radical (unpaired) electrons. The highest BCUT2D eigenvalue weighted by Gasteiger charge is 1.95. The monoisotopic (exact) mass is 258 g/mol. The van der Waals surface area contributed by atoms with E-state index in [9.17, 15) is 0 Å². The highest BCUT2D eigenvalue weighted by Crippen LogP contribution is 2.09. The molecule has 0 amide bonds. The van der Waals surface area contributed by atoms with Gasteiger partial charge in [0.2, 0.25) is 0 Å². The zero-order valence-corrected chi connectivity index (χ0v) is 12.9. The van der Waals surface area contributed by atoms with Crippen molar-refractivity contribution in [2.45, 2.75) is 83.1 Å². The molecule has 0 bridgehead atoms. The third-order valence-corrected chi connectivity index (χ3v) is 2.20. The molecule has 0 saturated heterocycles. The smallest absolute Gasteiger partial charge is 0.0290 e. The maximum absolute atomic E-state index is 2.28. The summed E-state index contributed by atoms with van der Waals surface area (Å²) in [7, 11) is 0. The Kier molecular flexibility index (Phi) is 24.5. The molecule has 0 saturated carbocycles. The molecule has 0 rings (SSSR count). The van der Waals surface area contributed by atoms with Crippen molar-refractivity contribution in [3.8, 4) is 0 Å². The summed E-state index contributed by atoms with van der Waals surface area (Å²) >= 11 is 0. The van der Waals surface area contributed by atoms with Gasteiger partial charge in [0.05, 0.1) is 0 Å². The average Bonchev–Trinajstić information content (AvgIpc) is 2.12. The molecule has 18 heavy (non-hydrogen) atoms. The van der Waals surface area contributed by atoms with Crippen molar-refractivity contribution in [1.29, 1.82) is 0 Å². The summed E-state index contributed by atoms with van der Waals surface area (Å²) in [4.78, 5) is 0. The molecule has 0 atom stereocenters. The highest BCUT2D eigenvalue weighted by molar-refractivity contribution is 4.86. The SMILES string of the molecule is C.C.CC(C)/C=C\C(C)C.CC(C)CCC(C)C. The first-order valence-corrected chi connectivity index (χ1v) is 6.94. The van der Waals surface area contributed by atoms with Gasteiger partial charge in [-0.15, -0.1) is 0 Å². The molecule has 0 unspecified atom stereocenters. The van der Waals surface area contributed by atoms with Gasteiger partial charge in [0.25, 0.3) is 0 Å². The number of hydrogen-bond acceptors (Lipinski definition) is 0. The fraction of sp³-hybridized carbons (Fsp3) is 0.889. The number of rotatable bonds is 5. The molecule has 114 valence electrons. The Morgan fingerprint density at radius 1 is 0.556 bits per heavy atom. The summed E-state index contributed by atoms with van der Waals surface area (Å²) in [5.74, 6) is 3.18. The first kappa shape index (κ1) is 26.3. The van der Waals surface area contributed by atoms with E-state index in [0.717, 1.165) is 11.8 Å². The van der Waals surface area contributed by atoms with Crippen molar-refractivity contribution >= 4 is 0 Å². The Labute approximate surface area is 119 Å². The molecule has 0 fully saturated rings. The van der Waals surface area contributed by atoms with Crippen LogP contribution in [0.15, 0.2) is 12.2 Å². The molecule has 0 aliphatic heterocycles. The van der Waals surface area contributed by atoms with Crippen LogP contribution < -0.4 is 0 Å². The maximum Gasteiger partial charge on any atom is -0.0290 e. The van der Waals surface area contributed by atoms with Crippen LogP contribution in [0, 0.1) is 23.7 Å². The van der Waals surface area contributed by atoms with Crippen LogP contribution in [0.25, 0.3) is 0 Å². The lowest BCUT2D eigenvalue weighted by atomic mass is 10.0. The van der Waals surface area contributed by atoms with Crippen LogP contribution in [0.2, 0.25) is 0 Å². The second-order valence-electron chi connectivity index (χ2n) is 6.24. The fourth-order valence-corrected chi connectivity index (χ4v) is 1.11. The second kappa shape index (κ2) is 16.7. The minimum atomic E-state index is 0. The first-order valence-electron chi connectivity index (χ1n) is 6.94. The van der Waals surface area contributed by atoms with Crippen molar-refractivity contribution in [3.63, 3.8) is 0 Å². The lowest BCUT2D eigenvalue weighted by molar-refractivity contribution is 0.476. The van der Waals surface area contributed by atoms with Crippen LogP contribution in [-0.2, 0) is 0 Å². The summed E-state index contributed by atoms with van der Waals surface area (Å²) in [6.07, 6.45) is 7.25. The minimum Gasteiger partial charge on any atom is -0.0857 e. The third-order valence-electron chi connectivity index (χ3n) is 2.20. The highest BCUT2D eigenvalue weighted by atomic mass is 14.0. The van der Waals surface area contributed by atoms with Crippen LogP contribution in [0.3, 0.4) is 0 Å². The van der Waals surface area contributed by atoms with Gasteiger partial charge in [-0.2, -0.15) is 0 Å². The predicted octanol–water partition coefficient (Wildman–Crippen LogP) is 7.21. The molecule has 0 aromatic rings. The van der Waals surface area contributed by atoms with Gasteiger partial charge in [-0.3, -0.25) is 0 Å². The maximum atomic E-state index is 2.28. The lowest BCUT2D eigenvalue weighted by Crippen LogP contribution is -1.91. The Bertz CT molecular complexity index is 131. The Morgan fingerprint density at radius 3 is 0.889 bits per heavy atom. The van der Waals surface area contributed by atoms with Gasteiger partial charge in [0.1, 0.15) is 0 Å². The molecule has 0 spiro atoms. The third kappa shape index (κ3) is 36.0. The zero-order valence-electron chi connectivity index (χ0n) is 12.9. The van der Waals surface area contributed by atoms with Crippen LogP contribution in [-0.4, -0.2) is 0 Å². The van der Waals surface area contributed by atoms with Gasteiger partial charge in [-0.25, -0.2) is 0 Å². The number of hydrogen-bond donors (Lipinski definition) is 0. The summed E-state index contributed by atoms with van der Waals surface area (Å²) in [6, 6.07) is 0. The molecule has 0 N–H and O–H groups in total. The van der Waals surface area contributed by atoms with Gasteiger partial charge in [0.15, 0.2) is 0 Å². The van der Waals surface area contributed by atoms with E-state index in [0.29, 0.717) is 11.8 Å². The Hall–Kier alpha value is -0.260. The van der Waals surface area contributed by atoms with E-state index in [1.807, 2.05) is 0 Å². The van der Waals surface area contributed by atoms with E-state index in [1.54, 1.807) is 0 Å². The largest absolute Gasteiger partial charge is 0.0857 e. The van der Waals surface area contributed by atoms with Gasteiger partial charge >= 0.3 is 0 Å².